The lowest BCUT2D eigenvalue weighted by Crippen LogP contribution is -2.40. The molecule has 0 unspecified atom stereocenters. The van der Waals surface area contributed by atoms with E-state index in [1.165, 1.54) is 59.7 Å². The van der Waals surface area contributed by atoms with Crippen LogP contribution in [0.2, 0.25) is 0 Å². The van der Waals surface area contributed by atoms with E-state index < -0.39 is 0 Å². The molecule has 3 nitrogen and oxygen atoms in total. The van der Waals surface area contributed by atoms with Crippen molar-refractivity contribution in [3.8, 4) is 0 Å². The van der Waals surface area contributed by atoms with E-state index in [1.807, 2.05) is 0 Å². The highest BCUT2D eigenvalue weighted by Gasteiger charge is 2.30. The fourth-order valence-electron chi connectivity index (χ4n) is 5.13. The first kappa shape index (κ1) is 19.3. The van der Waals surface area contributed by atoms with Gasteiger partial charge in [-0.3, -0.25) is 4.79 Å². The van der Waals surface area contributed by atoms with E-state index >= 15 is 0 Å². The minimum atomic E-state index is 0.267. The molecule has 1 N–H and O–H groups in total. The number of nitrogens with one attached hydrogen (secondary N) is 1. The van der Waals surface area contributed by atoms with Crippen molar-refractivity contribution in [3.05, 3.63) is 41.6 Å². The van der Waals surface area contributed by atoms with Crippen LogP contribution in [0.15, 0.2) is 30.5 Å². The second-order valence-corrected chi connectivity index (χ2v) is 8.82. The molecule has 1 aromatic carbocycles. The van der Waals surface area contributed by atoms with Crippen molar-refractivity contribution in [2.75, 3.05) is 13.1 Å². The van der Waals surface area contributed by atoms with Gasteiger partial charge in [0.05, 0.1) is 0 Å². The predicted octanol–water partition coefficient (Wildman–Crippen LogP) is 6.09. The van der Waals surface area contributed by atoms with Gasteiger partial charge in [-0.05, 0) is 56.1 Å². The molecule has 2 aliphatic rings. The number of unbranched alkanes of at least 4 members (excludes halogenated alkanes) is 1. The number of carbonyl (C=O) groups is 1. The molecular formula is C25H34N2O. The first-order valence-corrected chi connectivity index (χ1v) is 11.2. The largest absolute Gasteiger partial charge is 0.360 e. The van der Waals surface area contributed by atoms with E-state index in [9.17, 15) is 4.79 Å². The molecule has 1 aliphatic carbocycles. The quantitative estimate of drug-likeness (QED) is 0.671. The summed E-state index contributed by atoms with van der Waals surface area (Å²) in [6, 6.07) is 6.48. The molecule has 0 spiro atoms. The highest BCUT2D eigenvalue weighted by atomic mass is 16.2. The number of amides is 1. The summed E-state index contributed by atoms with van der Waals surface area (Å²) < 4.78 is 0. The van der Waals surface area contributed by atoms with Gasteiger partial charge in [-0.15, -0.1) is 0 Å². The average molecular weight is 379 g/mol. The van der Waals surface area contributed by atoms with Gasteiger partial charge in [-0.1, -0.05) is 50.5 Å². The Morgan fingerprint density at radius 1 is 1.21 bits per heavy atom. The van der Waals surface area contributed by atoms with Crippen LogP contribution in [0.5, 0.6) is 0 Å². The molecule has 1 aromatic heterocycles. The maximum absolute atomic E-state index is 13.0. The van der Waals surface area contributed by atoms with Crippen molar-refractivity contribution < 1.29 is 4.79 Å². The number of para-hydroxylation sites is 1. The number of aryl methyl sites for hydroxylation is 1. The summed E-state index contributed by atoms with van der Waals surface area (Å²) in [5.74, 6) is 1.53. The van der Waals surface area contributed by atoms with Gasteiger partial charge in [0.15, 0.2) is 0 Å². The summed E-state index contributed by atoms with van der Waals surface area (Å²) in [5.41, 5.74) is 5.20. The number of rotatable bonds is 5. The zero-order valence-corrected chi connectivity index (χ0v) is 17.5. The molecule has 0 atom stereocenters. The maximum Gasteiger partial charge on any atom is 0.225 e. The van der Waals surface area contributed by atoms with Gasteiger partial charge in [0, 0.05) is 41.7 Å². The van der Waals surface area contributed by atoms with Crippen LogP contribution in [-0.2, 0) is 4.79 Å². The van der Waals surface area contributed by atoms with Crippen LogP contribution in [0, 0.1) is 18.8 Å². The van der Waals surface area contributed by atoms with Crippen LogP contribution in [0.4, 0.5) is 0 Å². The minimum absolute atomic E-state index is 0.267. The number of nitrogens with zero attached hydrogens (tertiary/aromatic N) is 1. The Morgan fingerprint density at radius 3 is 2.75 bits per heavy atom. The summed E-state index contributed by atoms with van der Waals surface area (Å²) in [6.45, 7) is 6.04. The van der Waals surface area contributed by atoms with Crippen LogP contribution < -0.4 is 0 Å². The molecule has 28 heavy (non-hydrogen) atoms. The lowest BCUT2D eigenvalue weighted by atomic mass is 9.79. The van der Waals surface area contributed by atoms with Gasteiger partial charge in [0.2, 0.25) is 5.91 Å². The zero-order chi connectivity index (χ0) is 19.5. The van der Waals surface area contributed by atoms with E-state index in [2.05, 4.69) is 54.2 Å². The van der Waals surface area contributed by atoms with E-state index in [0.717, 1.165) is 38.3 Å². The number of hydrogen-bond donors (Lipinski definition) is 1. The summed E-state index contributed by atoms with van der Waals surface area (Å²) in [5, 5.41) is 1.30. The third-order valence-corrected chi connectivity index (χ3v) is 6.95. The number of carbonyl (C=O) groups excluding carboxylic acids is 1. The lowest BCUT2D eigenvalue weighted by Gasteiger charge is -2.33. The minimum Gasteiger partial charge on any atom is -0.360 e. The molecule has 150 valence electrons. The highest BCUT2D eigenvalue weighted by Crippen LogP contribution is 2.34. The summed E-state index contributed by atoms with van der Waals surface area (Å²) >= 11 is 0. The van der Waals surface area contributed by atoms with Crippen molar-refractivity contribution in [3.63, 3.8) is 0 Å². The molecule has 2 aromatic rings. The molecule has 0 radical (unpaired) electrons. The van der Waals surface area contributed by atoms with Crippen LogP contribution in [-0.4, -0.2) is 28.9 Å². The number of benzene rings is 1. The Labute approximate surface area is 169 Å². The Hall–Kier alpha value is -2.03. The smallest absolute Gasteiger partial charge is 0.225 e. The fraction of sp³-hybridized carbons (Fsp3) is 0.560. The third kappa shape index (κ3) is 3.90. The molecule has 1 saturated carbocycles. The lowest BCUT2D eigenvalue weighted by molar-refractivity contribution is -0.136. The van der Waals surface area contributed by atoms with Crippen molar-refractivity contribution in [1.29, 1.82) is 0 Å². The van der Waals surface area contributed by atoms with E-state index in [4.69, 9.17) is 0 Å². The van der Waals surface area contributed by atoms with Gasteiger partial charge >= 0.3 is 0 Å². The van der Waals surface area contributed by atoms with Gasteiger partial charge in [-0.2, -0.15) is 0 Å². The van der Waals surface area contributed by atoms with Crippen LogP contribution >= 0.6 is 0 Å². The second-order valence-electron chi connectivity index (χ2n) is 8.82. The SMILES string of the molecule is CCCCC1CCC(C(=O)N2CC=C(c3c[nH]c4c(C)cccc34)CC2)CC1. The highest BCUT2D eigenvalue weighted by molar-refractivity contribution is 5.94. The summed E-state index contributed by atoms with van der Waals surface area (Å²) in [7, 11) is 0. The monoisotopic (exact) mass is 378 g/mol. The average Bonchev–Trinajstić information content (AvgIpc) is 3.18. The summed E-state index contributed by atoms with van der Waals surface area (Å²) in [6.07, 6.45) is 14.1. The predicted molar refractivity (Wildman–Crippen MR) is 117 cm³/mol. The summed E-state index contributed by atoms with van der Waals surface area (Å²) in [4.78, 5) is 18.5. The number of fused-ring (bicyclic) bond motifs is 1. The number of aromatic amines is 1. The topological polar surface area (TPSA) is 36.1 Å². The van der Waals surface area contributed by atoms with Gasteiger partial charge in [0.1, 0.15) is 0 Å². The third-order valence-electron chi connectivity index (χ3n) is 6.95. The van der Waals surface area contributed by atoms with Crippen molar-refractivity contribution >= 4 is 22.4 Å². The van der Waals surface area contributed by atoms with E-state index in [0.29, 0.717) is 5.91 Å². The molecule has 0 saturated heterocycles. The normalized spacial score (nSPS) is 23.1. The Balaban J connectivity index is 1.37. The van der Waals surface area contributed by atoms with Gasteiger partial charge in [0.25, 0.3) is 0 Å². The zero-order valence-electron chi connectivity index (χ0n) is 17.5. The molecule has 4 rings (SSSR count). The van der Waals surface area contributed by atoms with Gasteiger partial charge < -0.3 is 9.88 Å². The van der Waals surface area contributed by atoms with E-state index in [-0.39, 0.29) is 5.92 Å². The first-order chi connectivity index (χ1) is 13.7. The number of hydrogen-bond acceptors (Lipinski definition) is 1. The molecule has 3 heteroatoms. The Morgan fingerprint density at radius 2 is 2.04 bits per heavy atom. The van der Waals surface area contributed by atoms with Crippen molar-refractivity contribution in [2.24, 2.45) is 11.8 Å². The fourth-order valence-corrected chi connectivity index (χ4v) is 5.13. The maximum atomic E-state index is 13.0. The van der Waals surface area contributed by atoms with Crippen LogP contribution in [0.1, 0.15) is 69.4 Å². The van der Waals surface area contributed by atoms with Crippen LogP contribution in [0.3, 0.4) is 0 Å². The molecule has 2 heterocycles. The molecular weight excluding hydrogens is 344 g/mol. The van der Waals surface area contributed by atoms with Crippen molar-refractivity contribution in [1.82, 2.24) is 9.88 Å². The molecule has 0 bridgehead atoms. The second kappa shape index (κ2) is 8.55. The Bertz CT molecular complexity index is 855. The van der Waals surface area contributed by atoms with Crippen LogP contribution in [0.25, 0.3) is 16.5 Å². The molecule has 1 amide bonds. The number of H-pyrrole nitrogens is 1. The molecule has 1 aliphatic heterocycles. The van der Waals surface area contributed by atoms with E-state index in [1.54, 1.807) is 0 Å². The first-order valence-electron chi connectivity index (χ1n) is 11.2. The number of aromatic nitrogens is 1. The molecule has 1 fully saturated rings. The standard InChI is InChI=1S/C25H34N2O/c1-3-4-7-19-9-11-21(12-10-19)25(28)27-15-13-20(14-16-27)23-17-26-24-18(2)6-5-8-22(23)24/h5-6,8,13,17,19,21,26H,3-4,7,9-12,14-16H2,1-2H3. The Kier molecular flexibility index (Phi) is 5.89. The van der Waals surface area contributed by atoms with Crippen molar-refractivity contribution in [2.45, 2.75) is 65.2 Å². The van der Waals surface area contributed by atoms with Gasteiger partial charge in [-0.25, -0.2) is 0 Å².